The van der Waals surface area contributed by atoms with Gasteiger partial charge in [-0.3, -0.25) is 0 Å². The fourth-order valence-electron chi connectivity index (χ4n) is 2.47. The molecule has 0 radical (unpaired) electrons. The topological polar surface area (TPSA) is 97.9 Å². The molecule has 1 aromatic carbocycles. The van der Waals surface area contributed by atoms with Gasteiger partial charge in [-0.05, 0) is 17.7 Å². The van der Waals surface area contributed by atoms with Crippen LogP contribution in [0.5, 0.6) is 5.75 Å². The molecule has 138 valence electrons. The molecule has 0 aliphatic carbocycles. The van der Waals surface area contributed by atoms with E-state index < -0.39 is 18.0 Å². The SMILES string of the molecule is C=CCOC(=O)c1[nH]c2cc(OC)ccc2c1CC(O)C(=O)OCC=C. The molecule has 1 aromatic heterocycles. The number of methoxy groups -OCH3 is 1. The maximum Gasteiger partial charge on any atom is 0.355 e. The Labute approximate surface area is 150 Å². The van der Waals surface area contributed by atoms with Crippen molar-refractivity contribution in [3.63, 3.8) is 0 Å². The van der Waals surface area contributed by atoms with Crippen LogP contribution in [0.25, 0.3) is 10.9 Å². The quantitative estimate of drug-likeness (QED) is 0.526. The van der Waals surface area contributed by atoms with Crippen LogP contribution >= 0.6 is 0 Å². The van der Waals surface area contributed by atoms with E-state index in [1.165, 1.54) is 19.3 Å². The zero-order valence-electron chi connectivity index (χ0n) is 14.5. The van der Waals surface area contributed by atoms with E-state index in [-0.39, 0.29) is 25.3 Å². The van der Waals surface area contributed by atoms with Crippen molar-refractivity contribution in [2.75, 3.05) is 20.3 Å². The fraction of sp³-hybridized carbons (Fsp3) is 0.263. The molecule has 1 heterocycles. The molecule has 2 aromatic rings. The maximum atomic E-state index is 12.3. The van der Waals surface area contributed by atoms with Gasteiger partial charge < -0.3 is 24.3 Å². The summed E-state index contributed by atoms with van der Waals surface area (Å²) in [6.07, 6.45) is 1.31. The van der Waals surface area contributed by atoms with Crippen LogP contribution in [-0.4, -0.2) is 48.5 Å². The number of rotatable bonds is 9. The minimum atomic E-state index is -1.43. The number of carbonyl (C=O) groups excluding carboxylic acids is 2. The number of esters is 2. The standard InChI is InChI=1S/C19H21NO6/c1-4-8-25-18(22)16(21)11-14-13-7-6-12(24-3)10-15(13)20-17(14)19(23)26-9-5-2/h4-7,10,16,20-21H,1-2,8-9,11H2,3H3. The second kappa shape index (κ2) is 8.87. The minimum absolute atomic E-state index is 0.00475. The lowest BCUT2D eigenvalue weighted by Crippen LogP contribution is -2.26. The summed E-state index contributed by atoms with van der Waals surface area (Å²) in [5.74, 6) is -0.804. The molecule has 1 unspecified atom stereocenters. The number of aromatic nitrogens is 1. The van der Waals surface area contributed by atoms with Crippen LogP contribution in [0.15, 0.2) is 43.5 Å². The van der Waals surface area contributed by atoms with Crippen LogP contribution in [0.2, 0.25) is 0 Å². The van der Waals surface area contributed by atoms with Crippen molar-refractivity contribution in [2.45, 2.75) is 12.5 Å². The summed E-state index contributed by atoms with van der Waals surface area (Å²) < 4.78 is 15.1. The van der Waals surface area contributed by atoms with Gasteiger partial charge in [-0.2, -0.15) is 0 Å². The van der Waals surface area contributed by atoms with Crippen molar-refractivity contribution in [3.05, 3.63) is 54.8 Å². The maximum absolute atomic E-state index is 12.3. The average Bonchev–Trinajstić information content (AvgIpc) is 3.01. The van der Waals surface area contributed by atoms with E-state index >= 15 is 0 Å². The summed E-state index contributed by atoms with van der Waals surface area (Å²) in [4.78, 5) is 27.1. The van der Waals surface area contributed by atoms with E-state index in [0.29, 0.717) is 22.2 Å². The number of benzene rings is 1. The Bertz CT molecular complexity index is 823. The van der Waals surface area contributed by atoms with Crippen LogP contribution in [0.1, 0.15) is 16.1 Å². The van der Waals surface area contributed by atoms with Gasteiger partial charge in [0, 0.05) is 17.9 Å². The van der Waals surface area contributed by atoms with Gasteiger partial charge in [-0.25, -0.2) is 9.59 Å². The van der Waals surface area contributed by atoms with E-state index in [0.717, 1.165) is 0 Å². The third-order valence-electron chi connectivity index (χ3n) is 3.66. The molecule has 0 fully saturated rings. The second-order valence-electron chi connectivity index (χ2n) is 5.42. The molecular formula is C19H21NO6. The van der Waals surface area contributed by atoms with Crippen LogP contribution in [0.3, 0.4) is 0 Å². The molecule has 0 saturated heterocycles. The van der Waals surface area contributed by atoms with Crippen LogP contribution < -0.4 is 4.74 Å². The third-order valence-corrected chi connectivity index (χ3v) is 3.66. The first-order valence-electron chi connectivity index (χ1n) is 7.94. The Balaban J connectivity index is 2.39. The predicted molar refractivity (Wildman–Crippen MR) is 96.2 cm³/mol. The fourth-order valence-corrected chi connectivity index (χ4v) is 2.47. The molecule has 0 saturated carbocycles. The van der Waals surface area contributed by atoms with Gasteiger partial charge in [0.05, 0.1) is 12.6 Å². The van der Waals surface area contributed by atoms with Crippen molar-refractivity contribution in [2.24, 2.45) is 0 Å². The van der Waals surface area contributed by atoms with Crippen LogP contribution in [-0.2, 0) is 20.7 Å². The van der Waals surface area contributed by atoms with Gasteiger partial charge >= 0.3 is 11.9 Å². The van der Waals surface area contributed by atoms with Gasteiger partial charge in [-0.15, -0.1) is 0 Å². The van der Waals surface area contributed by atoms with E-state index in [1.807, 2.05) is 0 Å². The summed E-state index contributed by atoms with van der Waals surface area (Å²) in [7, 11) is 1.53. The summed E-state index contributed by atoms with van der Waals surface area (Å²) in [6.45, 7) is 6.98. The minimum Gasteiger partial charge on any atom is -0.497 e. The molecule has 7 heteroatoms. The number of nitrogens with one attached hydrogen (secondary N) is 1. The van der Waals surface area contributed by atoms with Gasteiger partial charge in [0.2, 0.25) is 0 Å². The van der Waals surface area contributed by atoms with E-state index in [4.69, 9.17) is 14.2 Å². The van der Waals surface area contributed by atoms with Crippen molar-refractivity contribution < 1.29 is 28.9 Å². The highest BCUT2D eigenvalue weighted by Gasteiger charge is 2.25. The van der Waals surface area contributed by atoms with Crippen molar-refractivity contribution in [3.8, 4) is 5.75 Å². The summed E-state index contributed by atoms with van der Waals surface area (Å²) in [5.41, 5.74) is 1.24. The lowest BCUT2D eigenvalue weighted by Gasteiger charge is -2.11. The van der Waals surface area contributed by atoms with E-state index in [1.54, 1.807) is 18.2 Å². The molecule has 0 spiro atoms. The van der Waals surface area contributed by atoms with Gasteiger partial charge in [-0.1, -0.05) is 25.3 Å². The third kappa shape index (κ3) is 4.31. The second-order valence-corrected chi connectivity index (χ2v) is 5.42. The zero-order chi connectivity index (χ0) is 19.1. The van der Waals surface area contributed by atoms with Crippen molar-refractivity contribution >= 4 is 22.8 Å². The Morgan fingerprint density at radius 1 is 1.23 bits per heavy atom. The molecule has 0 amide bonds. The number of H-pyrrole nitrogens is 1. The smallest absolute Gasteiger partial charge is 0.355 e. The van der Waals surface area contributed by atoms with Gasteiger partial charge in [0.25, 0.3) is 0 Å². The number of carbonyl (C=O) groups is 2. The number of hydrogen-bond acceptors (Lipinski definition) is 6. The Hall–Kier alpha value is -3.06. The van der Waals surface area contributed by atoms with E-state index in [9.17, 15) is 14.7 Å². The number of aliphatic hydroxyl groups excluding tert-OH is 1. The molecule has 7 nitrogen and oxygen atoms in total. The van der Waals surface area contributed by atoms with E-state index in [2.05, 4.69) is 18.1 Å². The average molecular weight is 359 g/mol. The molecule has 0 aliphatic rings. The number of fused-ring (bicyclic) bond motifs is 1. The highest BCUT2D eigenvalue weighted by molar-refractivity contribution is 5.99. The molecule has 0 bridgehead atoms. The first-order valence-corrected chi connectivity index (χ1v) is 7.94. The van der Waals surface area contributed by atoms with Crippen LogP contribution in [0.4, 0.5) is 0 Å². The normalized spacial score (nSPS) is 11.6. The first kappa shape index (κ1) is 19.3. The largest absolute Gasteiger partial charge is 0.497 e. The highest BCUT2D eigenvalue weighted by atomic mass is 16.5. The zero-order valence-corrected chi connectivity index (χ0v) is 14.5. The molecule has 26 heavy (non-hydrogen) atoms. The number of hydrogen-bond donors (Lipinski definition) is 2. The molecule has 2 N–H and O–H groups in total. The monoisotopic (exact) mass is 359 g/mol. The molecular weight excluding hydrogens is 338 g/mol. The Morgan fingerprint density at radius 2 is 1.92 bits per heavy atom. The molecule has 1 atom stereocenters. The molecule has 2 rings (SSSR count). The van der Waals surface area contributed by atoms with Gasteiger partial charge in [0.15, 0.2) is 6.10 Å². The predicted octanol–water partition coefficient (Wildman–Crippen LogP) is 2.15. The summed E-state index contributed by atoms with van der Waals surface area (Å²) >= 11 is 0. The van der Waals surface area contributed by atoms with Crippen molar-refractivity contribution in [1.29, 1.82) is 0 Å². The van der Waals surface area contributed by atoms with Crippen molar-refractivity contribution in [1.82, 2.24) is 4.98 Å². The summed E-state index contributed by atoms with van der Waals surface area (Å²) in [5, 5.41) is 10.8. The first-order chi connectivity index (χ1) is 12.5. The number of ether oxygens (including phenoxy) is 3. The highest BCUT2D eigenvalue weighted by Crippen LogP contribution is 2.28. The van der Waals surface area contributed by atoms with Gasteiger partial charge in [0.1, 0.15) is 24.7 Å². The number of aliphatic hydroxyl groups is 1. The lowest BCUT2D eigenvalue weighted by molar-refractivity contribution is -0.152. The number of aromatic amines is 1. The Morgan fingerprint density at radius 3 is 2.58 bits per heavy atom. The lowest BCUT2D eigenvalue weighted by atomic mass is 10.0. The Kier molecular flexibility index (Phi) is 6.57. The molecule has 0 aliphatic heterocycles. The summed E-state index contributed by atoms with van der Waals surface area (Å²) in [6, 6.07) is 5.18. The van der Waals surface area contributed by atoms with Crippen LogP contribution in [0, 0.1) is 0 Å².